The summed E-state index contributed by atoms with van der Waals surface area (Å²) in [5.41, 5.74) is 1.31. The molecule has 3 heterocycles. The molecule has 0 spiro atoms. The van der Waals surface area contributed by atoms with Crippen LogP contribution in [0.15, 0.2) is 36.5 Å². The van der Waals surface area contributed by atoms with Gasteiger partial charge >= 0.3 is 0 Å². The normalized spacial score (nSPS) is 24.8. The van der Waals surface area contributed by atoms with Crippen LogP contribution in [0.3, 0.4) is 0 Å². The van der Waals surface area contributed by atoms with E-state index in [1.807, 2.05) is 27.8 Å². The van der Waals surface area contributed by atoms with Crippen LogP contribution in [0.5, 0.6) is 0 Å². The second kappa shape index (κ2) is 7.17. The van der Waals surface area contributed by atoms with E-state index in [2.05, 4.69) is 50.2 Å². The minimum atomic E-state index is -0.466. The molecule has 1 aromatic carbocycles. The number of aliphatic hydroxyl groups is 1. The summed E-state index contributed by atoms with van der Waals surface area (Å²) in [7, 11) is 0. The van der Waals surface area contributed by atoms with Crippen LogP contribution in [0.4, 0.5) is 5.82 Å². The number of amides is 1. The number of likely N-dealkylation sites (tertiary alicyclic amines) is 1. The third-order valence-electron chi connectivity index (χ3n) is 6.93. The molecule has 6 heteroatoms. The molecule has 1 amide bonds. The van der Waals surface area contributed by atoms with Gasteiger partial charge in [0.15, 0.2) is 0 Å². The number of carbonyl (C=O) groups is 1. The molecule has 1 fully saturated rings. The number of β-amino-alcohol motifs (C(OH)–C–C–N with tert-alkyl or cyclic N) is 1. The average molecular weight is 397 g/mol. The lowest BCUT2D eigenvalue weighted by molar-refractivity contribution is 0.0569. The Hall–Kier alpha value is -2.34. The predicted octanol–water partition coefficient (Wildman–Crippen LogP) is 3.94. The van der Waals surface area contributed by atoms with Crippen molar-refractivity contribution in [3.8, 4) is 0 Å². The van der Waals surface area contributed by atoms with Gasteiger partial charge in [-0.25, -0.2) is 4.68 Å². The van der Waals surface area contributed by atoms with Gasteiger partial charge in [0.25, 0.3) is 5.91 Å². The number of nitrogens with zero attached hydrogens (tertiary/aromatic N) is 3. The van der Waals surface area contributed by atoms with Gasteiger partial charge in [-0.2, -0.15) is 5.10 Å². The highest BCUT2D eigenvalue weighted by Crippen LogP contribution is 2.42. The van der Waals surface area contributed by atoms with Crippen LogP contribution in [0.1, 0.15) is 75.3 Å². The fraction of sp³-hybridized carbons (Fsp3) is 0.565. The fourth-order valence-electron chi connectivity index (χ4n) is 5.17. The van der Waals surface area contributed by atoms with Crippen molar-refractivity contribution in [1.29, 1.82) is 0 Å². The first-order valence-corrected chi connectivity index (χ1v) is 10.7. The maximum absolute atomic E-state index is 13.6. The summed E-state index contributed by atoms with van der Waals surface area (Å²) in [4.78, 5) is 15.5. The van der Waals surface area contributed by atoms with E-state index in [-0.39, 0.29) is 23.0 Å². The maximum Gasteiger partial charge on any atom is 0.259 e. The van der Waals surface area contributed by atoms with Crippen molar-refractivity contribution in [3.05, 3.63) is 47.7 Å². The SMILES string of the molecule is CCC1(CC)C[C@H](O)CN1C(=O)c1cnn2c1N[C@@H](c1ccccc1)CC2(C)C. The molecule has 0 saturated carbocycles. The molecule has 29 heavy (non-hydrogen) atoms. The lowest BCUT2D eigenvalue weighted by Crippen LogP contribution is -2.47. The van der Waals surface area contributed by atoms with Crippen LogP contribution in [-0.4, -0.2) is 43.9 Å². The molecule has 0 unspecified atom stereocenters. The monoisotopic (exact) mass is 396 g/mol. The minimum Gasteiger partial charge on any atom is -0.391 e. The van der Waals surface area contributed by atoms with Crippen molar-refractivity contribution < 1.29 is 9.90 Å². The van der Waals surface area contributed by atoms with E-state index >= 15 is 0 Å². The van der Waals surface area contributed by atoms with Crippen LogP contribution in [0.25, 0.3) is 0 Å². The molecule has 2 aliphatic rings. The topological polar surface area (TPSA) is 70.4 Å². The van der Waals surface area contributed by atoms with E-state index in [1.54, 1.807) is 6.20 Å². The van der Waals surface area contributed by atoms with Gasteiger partial charge in [-0.05, 0) is 45.1 Å². The van der Waals surface area contributed by atoms with Gasteiger partial charge in [-0.3, -0.25) is 4.79 Å². The van der Waals surface area contributed by atoms with Gasteiger partial charge in [-0.15, -0.1) is 0 Å². The molecule has 2 atom stereocenters. The van der Waals surface area contributed by atoms with Crippen molar-refractivity contribution >= 4 is 11.7 Å². The quantitative estimate of drug-likeness (QED) is 0.821. The van der Waals surface area contributed by atoms with E-state index in [0.29, 0.717) is 18.5 Å². The largest absolute Gasteiger partial charge is 0.391 e. The van der Waals surface area contributed by atoms with Crippen LogP contribution >= 0.6 is 0 Å². The molecule has 2 aromatic rings. The summed E-state index contributed by atoms with van der Waals surface area (Å²) < 4.78 is 1.95. The van der Waals surface area contributed by atoms with Crippen molar-refractivity contribution in [2.75, 3.05) is 11.9 Å². The molecule has 2 aliphatic heterocycles. The number of anilines is 1. The van der Waals surface area contributed by atoms with Crippen molar-refractivity contribution in [2.24, 2.45) is 0 Å². The second-order valence-electron chi connectivity index (χ2n) is 9.15. The summed E-state index contributed by atoms with van der Waals surface area (Å²) in [5.74, 6) is 0.742. The summed E-state index contributed by atoms with van der Waals surface area (Å²) in [6, 6.07) is 10.5. The minimum absolute atomic E-state index is 0.0384. The lowest BCUT2D eigenvalue weighted by Gasteiger charge is -2.39. The zero-order valence-electron chi connectivity index (χ0n) is 17.9. The van der Waals surface area contributed by atoms with Crippen molar-refractivity contribution in [1.82, 2.24) is 14.7 Å². The summed E-state index contributed by atoms with van der Waals surface area (Å²) >= 11 is 0. The Balaban J connectivity index is 1.71. The van der Waals surface area contributed by atoms with E-state index in [4.69, 9.17) is 0 Å². The number of hydrogen-bond acceptors (Lipinski definition) is 4. The number of rotatable bonds is 4. The van der Waals surface area contributed by atoms with Gasteiger partial charge in [0.2, 0.25) is 0 Å². The van der Waals surface area contributed by atoms with Gasteiger partial charge in [0.1, 0.15) is 11.4 Å². The first kappa shape index (κ1) is 20.0. The molecular formula is C23H32N4O2. The molecule has 0 aliphatic carbocycles. The molecule has 2 N–H and O–H groups in total. The van der Waals surface area contributed by atoms with Crippen LogP contribution in [0.2, 0.25) is 0 Å². The number of aliphatic hydroxyl groups excluding tert-OH is 1. The van der Waals surface area contributed by atoms with Crippen LogP contribution in [-0.2, 0) is 5.54 Å². The highest BCUT2D eigenvalue weighted by Gasteiger charge is 2.47. The Kier molecular flexibility index (Phi) is 4.93. The molecular weight excluding hydrogens is 364 g/mol. The zero-order valence-corrected chi connectivity index (χ0v) is 17.9. The number of aromatic nitrogens is 2. The van der Waals surface area contributed by atoms with E-state index in [0.717, 1.165) is 25.1 Å². The third-order valence-corrected chi connectivity index (χ3v) is 6.93. The van der Waals surface area contributed by atoms with Crippen molar-refractivity contribution in [3.63, 3.8) is 0 Å². The second-order valence-corrected chi connectivity index (χ2v) is 9.15. The standard InChI is InChI=1S/C23H32N4O2/c1-5-23(6-2)12-17(28)15-26(23)21(29)18-14-24-27-20(18)25-19(13-22(27,3)4)16-10-8-7-9-11-16/h7-11,14,17,19,25,28H,5-6,12-13,15H2,1-4H3/t17-,19+/m0/s1. The average Bonchev–Trinajstić information content (AvgIpc) is 3.29. The Morgan fingerprint density at radius 2 is 1.90 bits per heavy atom. The van der Waals surface area contributed by atoms with Gasteiger partial charge < -0.3 is 15.3 Å². The molecule has 156 valence electrons. The maximum atomic E-state index is 13.6. The summed E-state index contributed by atoms with van der Waals surface area (Å²) in [5, 5.41) is 18.5. The van der Waals surface area contributed by atoms with Gasteiger partial charge in [0, 0.05) is 12.1 Å². The van der Waals surface area contributed by atoms with Crippen molar-refractivity contribution in [2.45, 2.75) is 76.6 Å². The smallest absolute Gasteiger partial charge is 0.259 e. The molecule has 0 bridgehead atoms. The molecule has 1 saturated heterocycles. The first-order valence-electron chi connectivity index (χ1n) is 10.7. The number of hydrogen-bond donors (Lipinski definition) is 2. The molecule has 1 aromatic heterocycles. The number of nitrogens with one attached hydrogen (secondary N) is 1. The Morgan fingerprint density at radius 3 is 2.55 bits per heavy atom. The highest BCUT2D eigenvalue weighted by molar-refractivity contribution is 5.99. The highest BCUT2D eigenvalue weighted by atomic mass is 16.3. The van der Waals surface area contributed by atoms with E-state index in [9.17, 15) is 9.90 Å². The Bertz CT molecular complexity index is 886. The Labute approximate surface area is 172 Å². The molecule has 6 nitrogen and oxygen atoms in total. The van der Waals surface area contributed by atoms with E-state index in [1.165, 1.54) is 5.56 Å². The van der Waals surface area contributed by atoms with E-state index < -0.39 is 6.10 Å². The van der Waals surface area contributed by atoms with Gasteiger partial charge in [-0.1, -0.05) is 44.2 Å². The van der Waals surface area contributed by atoms with Crippen LogP contribution < -0.4 is 5.32 Å². The summed E-state index contributed by atoms with van der Waals surface area (Å²) in [6.45, 7) is 8.91. The zero-order chi connectivity index (χ0) is 20.8. The lowest BCUT2D eigenvalue weighted by atomic mass is 9.88. The number of carbonyl (C=O) groups excluding carboxylic acids is 1. The molecule has 4 rings (SSSR count). The summed E-state index contributed by atoms with van der Waals surface area (Å²) in [6.07, 6.45) is 4.42. The number of fused-ring (bicyclic) bond motifs is 1. The Morgan fingerprint density at radius 1 is 1.21 bits per heavy atom. The van der Waals surface area contributed by atoms with Crippen LogP contribution in [0, 0.1) is 0 Å². The molecule has 0 radical (unpaired) electrons. The predicted molar refractivity (Wildman–Crippen MR) is 114 cm³/mol. The third kappa shape index (κ3) is 3.23. The van der Waals surface area contributed by atoms with Gasteiger partial charge in [0.05, 0.1) is 23.9 Å². The first-order chi connectivity index (χ1) is 13.8. The number of benzene rings is 1. The fourth-order valence-corrected chi connectivity index (χ4v) is 5.17.